The van der Waals surface area contributed by atoms with Crippen molar-refractivity contribution >= 4 is 23.2 Å². The molecule has 0 aliphatic carbocycles. The van der Waals surface area contributed by atoms with Gasteiger partial charge in [0.25, 0.3) is 0 Å². The second kappa shape index (κ2) is 6.55. The summed E-state index contributed by atoms with van der Waals surface area (Å²) in [6.07, 6.45) is 2.25. The molecule has 0 spiro atoms. The van der Waals surface area contributed by atoms with Crippen LogP contribution >= 0.6 is 11.6 Å². The molecule has 0 aromatic heterocycles. The zero-order chi connectivity index (χ0) is 14.7. The molecule has 1 N–H and O–H groups in total. The Morgan fingerprint density at radius 3 is 2.70 bits per heavy atom. The number of piperidine rings is 1. The first-order chi connectivity index (χ1) is 9.47. The Kier molecular flexibility index (Phi) is 5.00. The van der Waals surface area contributed by atoms with Gasteiger partial charge in [0.2, 0.25) is 5.91 Å². The Labute approximate surface area is 124 Å². The first-order valence-corrected chi connectivity index (χ1v) is 7.35. The first-order valence-electron chi connectivity index (χ1n) is 6.97. The Bertz CT molecular complexity index is 487. The van der Waals surface area contributed by atoms with E-state index in [9.17, 15) is 9.18 Å². The molecule has 20 heavy (non-hydrogen) atoms. The molecule has 0 radical (unpaired) electrons. The normalized spacial score (nSPS) is 18.8. The van der Waals surface area contributed by atoms with E-state index < -0.39 is 5.82 Å². The van der Waals surface area contributed by atoms with Gasteiger partial charge in [0.05, 0.1) is 11.1 Å². The Morgan fingerprint density at radius 2 is 2.10 bits per heavy atom. The van der Waals surface area contributed by atoms with Crippen molar-refractivity contribution in [2.75, 3.05) is 18.4 Å². The molecule has 1 aromatic rings. The van der Waals surface area contributed by atoms with Gasteiger partial charge in [-0.05, 0) is 57.0 Å². The standard InChI is InChI=1S/C15H20ClFN2O/c1-10-5-7-19(8-6-10)11(2)15(20)18-12-3-4-14(17)13(16)9-12/h3-4,9-11H,5-8H2,1-2H3,(H,18,20)/t11-/m0/s1. The third-order valence-corrected chi connectivity index (χ3v) is 4.22. The highest BCUT2D eigenvalue weighted by Gasteiger charge is 2.25. The Hall–Kier alpha value is -1.13. The average Bonchev–Trinajstić information content (AvgIpc) is 2.43. The number of nitrogens with zero attached hydrogens (tertiary/aromatic N) is 1. The minimum Gasteiger partial charge on any atom is -0.325 e. The molecule has 3 nitrogen and oxygen atoms in total. The number of hydrogen-bond donors (Lipinski definition) is 1. The van der Waals surface area contributed by atoms with Gasteiger partial charge in [0.1, 0.15) is 5.82 Å². The van der Waals surface area contributed by atoms with Crippen LogP contribution in [0.25, 0.3) is 0 Å². The second-order valence-corrected chi connectivity index (χ2v) is 5.92. The van der Waals surface area contributed by atoms with Crippen molar-refractivity contribution in [2.24, 2.45) is 5.92 Å². The van der Waals surface area contributed by atoms with Gasteiger partial charge in [-0.3, -0.25) is 9.69 Å². The van der Waals surface area contributed by atoms with E-state index in [1.54, 1.807) is 0 Å². The quantitative estimate of drug-likeness (QED) is 0.926. The predicted octanol–water partition coefficient (Wildman–Crippen LogP) is 3.54. The number of likely N-dealkylation sites (tertiary alicyclic amines) is 1. The highest BCUT2D eigenvalue weighted by atomic mass is 35.5. The maximum atomic E-state index is 13.1. The maximum Gasteiger partial charge on any atom is 0.241 e. The van der Waals surface area contributed by atoms with Crippen molar-refractivity contribution in [3.63, 3.8) is 0 Å². The number of rotatable bonds is 3. The molecular weight excluding hydrogens is 279 g/mol. The highest BCUT2D eigenvalue weighted by molar-refractivity contribution is 6.31. The lowest BCUT2D eigenvalue weighted by molar-refractivity contribution is -0.121. The summed E-state index contributed by atoms with van der Waals surface area (Å²) in [5, 5.41) is 2.80. The fourth-order valence-corrected chi connectivity index (χ4v) is 2.58. The molecular formula is C15H20ClFN2O. The molecule has 1 aromatic carbocycles. The van der Waals surface area contributed by atoms with E-state index in [1.165, 1.54) is 18.2 Å². The molecule has 0 bridgehead atoms. The van der Waals surface area contributed by atoms with E-state index in [0.717, 1.165) is 31.8 Å². The van der Waals surface area contributed by atoms with Crippen LogP contribution < -0.4 is 5.32 Å². The maximum absolute atomic E-state index is 13.1. The summed E-state index contributed by atoms with van der Waals surface area (Å²) in [7, 11) is 0. The highest BCUT2D eigenvalue weighted by Crippen LogP contribution is 2.21. The number of nitrogens with one attached hydrogen (secondary N) is 1. The van der Waals surface area contributed by atoms with Crippen LogP contribution in [0.2, 0.25) is 5.02 Å². The molecule has 5 heteroatoms. The molecule has 1 aliphatic heterocycles. The van der Waals surface area contributed by atoms with Crippen molar-refractivity contribution in [3.8, 4) is 0 Å². The molecule has 1 amide bonds. The number of carbonyl (C=O) groups is 1. The van der Waals surface area contributed by atoms with Gasteiger partial charge < -0.3 is 5.32 Å². The minimum atomic E-state index is -0.484. The van der Waals surface area contributed by atoms with E-state index in [-0.39, 0.29) is 17.0 Å². The van der Waals surface area contributed by atoms with Gasteiger partial charge in [-0.2, -0.15) is 0 Å². The summed E-state index contributed by atoms with van der Waals surface area (Å²) in [5.41, 5.74) is 0.527. The lowest BCUT2D eigenvalue weighted by atomic mass is 9.98. The Morgan fingerprint density at radius 1 is 1.45 bits per heavy atom. The van der Waals surface area contributed by atoms with E-state index >= 15 is 0 Å². The number of halogens is 2. The van der Waals surface area contributed by atoms with Crippen LogP contribution in [0.1, 0.15) is 26.7 Å². The molecule has 1 saturated heterocycles. The third-order valence-electron chi connectivity index (χ3n) is 3.93. The summed E-state index contributed by atoms with van der Waals surface area (Å²) in [6.45, 7) is 6.03. The van der Waals surface area contributed by atoms with E-state index in [0.29, 0.717) is 5.69 Å². The number of hydrogen-bond acceptors (Lipinski definition) is 2. The van der Waals surface area contributed by atoms with Gasteiger partial charge >= 0.3 is 0 Å². The number of carbonyl (C=O) groups excluding carboxylic acids is 1. The number of amides is 1. The van der Waals surface area contributed by atoms with Crippen LogP contribution in [0.3, 0.4) is 0 Å². The molecule has 2 rings (SSSR count). The van der Waals surface area contributed by atoms with Gasteiger partial charge in [-0.15, -0.1) is 0 Å². The third kappa shape index (κ3) is 3.70. The molecule has 0 unspecified atom stereocenters. The summed E-state index contributed by atoms with van der Waals surface area (Å²) in [6, 6.07) is 4.01. The van der Waals surface area contributed by atoms with E-state index in [4.69, 9.17) is 11.6 Å². The van der Waals surface area contributed by atoms with Gasteiger partial charge in [0, 0.05) is 5.69 Å². The summed E-state index contributed by atoms with van der Waals surface area (Å²) >= 11 is 5.70. The zero-order valence-electron chi connectivity index (χ0n) is 11.8. The molecule has 110 valence electrons. The summed E-state index contributed by atoms with van der Waals surface area (Å²) in [5.74, 6) is 0.169. The topological polar surface area (TPSA) is 32.3 Å². The monoisotopic (exact) mass is 298 g/mol. The largest absolute Gasteiger partial charge is 0.325 e. The SMILES string of the molecule is CC1CCN([C@@H](C)C(=O)Nc2ccc(F)c(Cl)c2)CC1. The number of benzene rings is 1. The van der Waals surface area contributed by atoms with Crippen LogP contribution in [0.5, 0.6) is 0 Å². The van der Waals surface area contributed by atoms with Crippen LogP contribution in [0, 0.1) is 11.7 Å². The number of anilines is 1. The van der Waals surface area contributed by atoms with Crippen LogP contribution in [0.15, 0.2) is 18.2 Å². The van der Waals surface area contributed by atoms with Crippen molar-refractivity contribution in [3.05, 3.63) is 29.0 Å². The van der Waals surface area contributed by atoms with Crippen LogP contribution in [-0.2, 0) is 4.79 Å². The minimum absolute atomic E-state index is 0.0160. The van der Waals surface area contributed by atoms with Crippen molar-refractivity contribution in [2.45, 2.75) is 32.7 Å². The zero-order valence-corrected chi connectivity index (χ0v) is 12.6. The molecule has 1 aliphatic rings. The fraction of sp³-hybridized carbons (Fsp3) is 0.533. The lowest BCUT2D eigenvalue weighted by Gasteiger charge is -2.34. The lowest BCUT2D eigenvalue weighted by Crippen LogP contribution is -2.45. The van der Waals surface area contributed by atoms with Gasteiger partial charge in [-0.25, -0.2) is 4.39 Å². The fourth-order valence-electron chi connectivity index (χ4n) is 2.40. The summed E-state index contributed by atoms with van der Waals surface area (Å²) in [4.78, 5) is 14.4. The predicted molar refractivity (Wildman–Crippen MR) is 79.5 cm³/mol. The van der Waals surface area contributed by atoms with Crippen molar-refractivity contribution in [1.29, 1.82) is 0 Å². The second-order valence-electron chi connectivity index (χ2n) is 5.51. The smallest absolute Gasteiger partial charge is 0.241 e. The molecule has 1 heterocycles. The molecule has 0 saturated carbocycles. The van der Waals surface area contributed by atoms with Gasteiger partial charge in [0.15, 0.2) is 0 Å². The van der Waals surface area contributed by atoms with Gasteiger partial charge in [-0.1, -0.05) is 18.5 Å². The molecule has 1 fully saturated rings. The molecule has 1 atom stereocenters. The van der Waals surface area contributed by atoms with Crippen LogP contribution in [-0.4, -0.2) is 29.9 Å². The van der Waals surface area contributed by atoms with E-state index in [2.05, 4.69) is 17.1 Å². The van der Waals surface area contributed by atoms with Crippen molar-refractivity contribution in [1.82, 2.24) is 4.90 Å². The van der Waals surface area contributed by atoms with E-state index in [1.807, 2.05) is 6.92 Å². The first kappa shape index (κ1) is 15.3. The Balaban J connectivity index is 1.95. The van der Waals surface area contributed by atoms with Crippen LogP contribution in [0.4, 0.5) is 10.1 Å². The average molecular weight is 299 g/mol. The van der Waals surface area contributed by atoms with Crippen molar-refractivity contribution < 1.29 is 9.18 Å². The summed E-state index contributed by atoms with van der Waals surface area (Å²) < 4.78 is 13.1.